The van der Waals surface area contributed by atoms with Gasteiger partial charge in [0.1, 0.15) is 0 Å². The van der Waals surface area contributed by atoms with Gasteiger partial charge in [-0.15, -0.1) is 0 Å². The Hall–Kier alpha value is -0.810. The molecule has 0 bridgehead atoms. The van der Waals surface area contributed by atoms with E-state index in [1.54, 1.807) is 7.11 Å². The molecule has 0 heterocycles. The Morgan fingerprint density at radius 2 is 2.00 bits per heavy atom. The van der Waals surface area contributed by atoms with E-state index in [9.17, 15) is 0 Å². The maximum absolute atomic E-state index is 5.67. The van der Waals surface area contributed by atoms with E-state index < -0.39 is 0 Å². The minimum absolute atomic E-state index is 0.0586. The second-order valence-electron chi connectivity index (χ2n) is 6.37. The van der Waals surface area contributed by atoms with Crippen LogP contribution in [0.15, 0.2) is 4.99 Å². The lowest BCUT2D eigenvalue weighted by atomic mass is 9.56. The molecule has 0 saturated heterocycles. The van der Waals surface area contributed by atoms with Crippen LogP contribution in [-0.2, 0) is 9.47 Å². The highest BCUT2D eigenvalue weighted by Gasteiger charge is 2.58. The maximum Gasteiger partial charge on any atom is 0.191 e. The summed E-state index contributed by atoms with van der Waals surface area (Å²) in [6.45, 7) is 14.0. The number of aliphatic imine (C=N–C) groups is 1. The van der Waals surface area contributed by atoms with Crippen LogP contribution in [0.5, 0.6) is 0 Å². The quantitative estimate of drug-likeness (QED) is 0.410. The number of guanidine groups is 1. The van der Waals surface area contributed by atoms with E-state index in [0.29, 0.717) is 6.04 Å². The molecule has 5 heteroatoms. The summed E-state index contributed by atoms with van der Waals surface area (Å²) in [6.07, 6.45) is 1.95. The summed E-state index contributed by atoms with van der Waals surface area (Å²) in [7, 11) is 1.80. The summed E-state index contributed by atoms with van der Waals surface area (Å²) in [5.74, 6) is 0.894. The molecule has 0 aliphatic heterocycles. The first-order valence-corrected chi connectivity index (χ1v) is 8.09. The van der Waals surface area contributed by atoms with Crippen LogP contribution >= 0.6 is 0 Å². The zero-order valence-electron chi connectivity index (χ0n) is 14.6. The third-order valence-corrected chi connectivity index (χ3v) is 4.85. The number of nitrogens with zero attached hydrogens (tertiary/aromatic N) is 1. The lowest BCUT2D eigenvalue weighted by Gasteiger charge is -2.59. The van der Waals surface area contributed by atoms with Crippen LogP contribution in [0.3, 0.4) is 0 Å². The van der Waals surface area contributed by atoms with Gasteiger partial charge in [0.25, 0.3) is 0 Å². The van der Waals surface area contributed by atoms with Crippen molar-refractivity contribution < 1.29 is 9.47 Å². The maximum atomic E-state index is 5.67. The Morgan fingerprint density at radius 1 is 1.29 bits per heavy atom. The van der Waals surface area contributed by atoms with E-state index >= 15 is 0 Å². The van der Waals surface area contributed by atoms with Crippen LogP contribution in [0.25, 0.3) is 0 Å². The molecule has 0 aromatic carbocycles. The van der Waals surface area contributed by atoms with Gasteiger partial charge in [0.2, 0.25) is 0 Å². The van der Waals surface area contributed by atoms with Gasteiger partial charge in [-0.3, -0.25) is 4.99 Å². The van der Waals surface area contributed by atoms with Gasteiger partial charge < -0.3 is 20.1 Å². The highest BCUT2D eigenvalue weighted by atomic mass is 16.5. The fourth-order valence-electron chi connectivity index (χ4n) is 2.71. The summed E-state index contributed by atoms with van der Waals surface area (Å²) in [4.78, 5) is 4.62. The van der Waals surface area contributed by atoms with Gasteiger partial charge in [0.15, 0.2) is 5.96 Å². The number of hydrogen-bond acceptors (Lipinski definition) is 3. The first kappa shape index (κ1) is 18.2. The lowest BCUT2D eigenvalue weighted by Crippen LogP contribution is -2.69. The molecular weight excluding hydrogens is 266 g/mol. The summed E-state index contributed by atoms with van der Waals surface area (Å²) in [6, 6.07) is 0.382. The predicted octanol–water partition coefficient (Wildman–Crippen LogP) is 2.17. The van der Waals surface area contributed by atoms with E-state index in [-0.39, 0.29) is 11.0 Å². The molecule has 2 N–H and O–H groups in total. The van der Waals surface area contributed by atoms with Gasteiger partial charge in [0.05, 0.1) is 5.60 Å². The average molecular weight is 299 g/mol. The van der Waals surface area contributed by atoms with Crippen molar-refractivity contribution in [1.29, 1.82) is 0 Å². The molecule has 0 aromatic rings. The molecule has 1 saturated carbocycles. The van der Waals surface area contributed by atoms with Gasteiger partial charge in [0, 0.05) is 44.9 Å². The van der Waals surface area contributed by atoms with Gasteiger partial charge in [-0.1, -0.05) is 13.8 Å². The molecule has 0 aromatic heterocycles. The molecule has 124 valence electrons. The van der Waals surface area contributed by atoms with Gasteiger partial charge in [-0.05, 0) is 33.6 Å². The van der Waals surface area contributed by atoms with Crippen molar-refractivity contribution in [1.82, 2.24) is 10.6 Å². The fourth-order valence-corrected chi connectivity index (χ4v) is 2.71. The molecule has 2 atom stereocenters. The minimum Gasteiger partial charge on any atom is -0.382 e. The van der Waals surface area contributed by atoms with E-state index in [1.165, 1.54) is 0 Å². The second kappa shape index (κ2) is 7.99. The van der Waals surface area contributed by atoms with E-state index in [4.69, 9.17) is 9.47 Å². The zero-order chi connectivity index (χ0) is 15.9. The molecule has 2 unspecified atom stereocenters. The highest BCUT2D eigenvalue weighted by molar-refractivity contribution is 5.80. The Balaban J connectivity index is 2.50. The molecule has 1 fully saturated rings. The molecule has 21 heavy (non-hydrogen) atoms. The number of hydrogen-bond donors (Lipinski definition) is 2. The van der Waals surface area contributed by atoms with Crippen LogP contribution in [0.4, 0.5) is 0 Å². The number of nitrogens with one attached hydrogen (secondary N) is 2. The highest BCUT2D eigenvalue weighted by Crippen LogP contribution is 2.51. The van der Waals surface area contributed by atoms with E-state index in [1.807, 2.05) is 6.92 Å². The van der Waals surface area contributed by atoms with Crippen LogP contribution in [0.1, 0.15) is 47.5 Å². The molecular formula is C16H33N3O2. The average Bonchev–Trinajstić information content (AvgIpc) is 2.46. The molecule has 0 spiro atoms. The van der Waals surface area contributed by atoms with Crippen LogP contribution < -0.4 is 10.6 Å². The van der Waals surface area contributed by atoms with Crippen molar-refractivity contribution in [3.05, 3.63) is 0 Å². The first-order chi connectivity index (χ1) is 9.91. The van der Waals surface area contributed by atoms with Crippen molar-refractivity contribution in [3.8, 4) is 0 Å². The number of ether oxygens (including phenoxy) is 2. The fraction of sp³-hybridized carbons (Fsp3) is 0.938. The largest absolute Gasteiger partial charge is 0.382 e. The second-order valence-corrected chi connectivity index (χ2v) is 6.37. The van der Waals surface area contributed by atoms with Crippen molar-refractivity contribution in [2.45, 2.75) is 59.1 Å². The summed E-state index contributed by atoms with van der Waals surface area (Å²) >= 11 is 0. The normalized spacial score (nSPS) is 28.1. The third kappa shape index (κ3) is 4.33. The lowest BCUT2D eigenvalue weighted by molar-refractivity contribution is -0.176. The Bertz CT molecular complexity index is 344. The summed E-state index contributed by atoms with van der Waals surface area (Å²) in [5, 5.41) is 6.86. The minimum atomic E-state index is -0.0586. The van der Waals surface area contributed by atoms with Crippen LogP contribution in [0.2, 0.25) is 0 Å². The van der Waals surface area contributed by atoms with E-state index in [0.717, 1.165) is 45.1 Å². The SMILES string of the molecule is CCNC(=NCCCOCC)NC1CC(C)(OC)C1(C)C. The standard InChI is InChI=1S/C16H33N3O2/c1-7-17-14(18-10-9-11-21-8-2)19-13-12-16(5,20-6)15(13,3)4/h13H,7-12H2,1-6H3,(H2,17,18,19). The van der Waals surface area contributed by atoms with Crippen molar-refractivity contribution in [3.63, 3.8) is 0 Å². The first-order valence-electron chi connectivity index (χ1n) is 8.09. The summed E-state index contributed by atoms with van der Waals surface area (Å²) in [5.41, 5.74) is 0.0280. The van der Waals surface area contributed by atoms with Crippen LogP contribution in [-0.4, -0.2) is 51.0 Å². The number of methoxy groups -OCH3 is 1. The van der Waals surface area contributed by atoms with Crippen molar-refractivity contribution in [2.24, 2.45) is 10.4 Å². The smallest absolute Gasteiger partial charge is 0.191 e. The number of rotatable bonds is 8. The monoisotopic (exact) mass is 299 g/mol. The molecule has 0 radical (unpaired) electrons. The molecule has 0 amide bonds. The Kier molecular flexibility index (Phi) is 6.94. The predicted molar refractivity (Wildman–Crippen MR) is 87.8 cm³/mol. The molecule has 1 aliphatic carbocycles. The van der Waals surface area contributed by atoms with Gasteiger partial charge in [-0.25, -0.2) is 0 Å². The Morgan fingerprint density at radius 3 is 2.52 bits per heavy atom. The molecule has 1 rings (SSSR count). The zero-order valence-corrected chi connectivity index (χ0v) is 14.6. The third-order valence-electron chi connectivity index (χ3n) is 4.85. The van der Waals surface area contributed by atoms with E-state index in [2.05, 4.69) is 43.3 Å². The Labute approximate surface area is 129 Å². The van der Waals surface area contributed by atoms with Gasteiger partial charge in [-0.2, -0.15) is 0 Å². The van der Waals surface area contributed by atoms with Crippen LogP contribution in [0, 0.1) is 5.41 Å². The molecule has 1 aliphatic rings. The topological polar surface area (TPSA) is 54.9 Å². The van der Waals surface area contributed by atoms with Crippen molar-refractivity contribution >= 4 is 5.96 Å². The molecule has 5 nitrogen and oxygen atoms in total. The summed E-state index contributed by atoms with van der Waals surface area (Å²) < 4.78 is 11.0. The van der Waals surface area contributed by atoms with Gasteiger partial charge >= 0.3 is 0 Å². The van der Waals surface area contributed by atoms with Crippen molar-refractivity contribution in [2.75, 3.05) is 33.4 Å².